The maximum Gasteiger partial charge on any atom is 0.240 e. The molecule has 0 spiro atoms. The summed E-state index contributed by atoms with van der Waals surface area (Å²) in [4.78, 5) is 4.20. The van der Waals surface area contributed by atoms with Crippen molar-refractivity contribution < 1.29 is 8.91 Å². The molecule has 1 heterocycles. The maximum atomic E-state index is 12.9. The number of aryl methyl sites for hydroxylation is 1. The molecule has 1 aromatic heterocycles. The van der Waals surface area contributed by atoms with E-state index >= 15 is 0 Å². The van der Waals surface area contributed by atoms with Gasteiger partial charge < -0.3 is 9.84 Å². The van der Waals surface area contributed by atoms with Crippen LogP contribution in [-0.2, 0) is 6.54 Å². The van der Waals surface area contributed by atoms with E-state index in [1.807, 2.05) is 6.92 Å². The lowest BCUT2D eigenvalue weighted by molar-refractivity contribution is 0.372. The van der Waals surface area contributed by atoms with Crippen molar-refractivity contribution in [2.45, 2.75) is 13.5 Å². The molecule has 0 amide bonds. The molecule has 84 valence electrons. The van der Waals surface area contributed by atoms with Gasteiger partial charge in [-0.3, -0.25) is 0 Å². The second kappa shape index (κ2) is 4.40. The standard InChI is InChI=1S/C11H12FN3O/c1-7-5-8(12)3-4-9(7)11-14-10(6-13-2)16-15-11/h3-5,13H,6H2,1-2H3. The van der Waals surface area contributed by atoms with Crippen molar-refractivity contribution in [2.24, 2.45) is 0 Å². The van der Waals surface area contributed by atoms with Crippen LogP contribution in [0.3, 0.4) is 0 Å². The Morgan fingerprint density at radius 3 is 2.94 bits per heavy atom. The fourth-order valence-corrected chi connectivity index (χ4v) is 1.47. The van der Waals surface area contributed by atoms with Crippen LogP contribution in [0.2, 0.25) is 0 Å². The molecule has 0 saturated heterocycles. The molecule has 0 radical (unpaired) electrons. The Bertz CT molecular complexity index is 496. The van der Waals surface area contributed by atoms with E-state index in [1.54, 1.807) is 13.1 Å². The predicted molar refractivity (Wildman–Crippen MR) is 57.2 cm³/mol. The summed E-state index contributed by atoms with van der Waals surface area (Å²) in [5, 5.41) is 6.76. The largest absolute Gasteiger partial charge is 0.338 e. The van der Waals surface area contributed by atoms with Gasteiger partial charge in [-0.1, -0.05) is 5.16 Å². The minimum atomic E-state index is -0.264. The van der Waals surface area contributed by atoms with Crippen molar-refractivity contribution in [3.8, 4) is 11.4 Å². The average molecular weight is 221 g/mol. The molecule has 0 aliphatic carbocycles. The van der Waals surface area contributed by atoms with Crippen molar-refractivity contribution in [2.75, 3.05) is 7.05 Å². The van der Waals surface area contributed by atoms with Crippen LogP contribution < -0.4 is 5.32 Å². The summed E-state index contributed by atoms with van der Waals surface area (Å²) in [6.45, 7) is 2.33. The summed E-state index contributed by atoms with van der Waals surface area (Å²) >= 11 is 0. The van der Waals surface area contributed by atoms with Crippen LogP contribution in [0, 0.1) is 12.7 Å². The number of nitrogens with one attached hydrogen (secondary N) is 1. The van der Waals surface area contributed by atoms with E-state index in [-0.39, 0.29) is 5.82 Å². The van der Waals surface area contributed by atoms with Gasteiger partial charge in [0.25, 0.3) is 0 Å². The number of aromatic nitrogens is 2. The zero-order valence-corrected chi connectivity index (χ0v) is 9.12. The van der Waals surface area contributed by atoms with Gasteiger partial charge >= 0.3 is 0 Å². The monoisotopic (exact) mass is 221 g/mol. The molecule has 5 heteroatoms. The van der Waals surface area contributed by atoms with Crippen LogP contribution in [-0.4, -0.2) is 17.2 Å². The van der Waals surface area contributed by atoms with E-state index in [0.717, 1.165) is 11.1 Å². The third kappa shape index (κ3) is 2.09. The number of hydrogen-bond acceptors (Lipinski definition) is 4. The Morgan fingerprint density at radius 2 is 2.25 bits per heavy atom. The van der Waals surface area contributed by atoms with Crippen LogP contribution in [0.25, 0.3) is 11.4 Å². The fourth-order valence-electron chi connectivity index (χ4n) is 1.47. The third-order valence-corrected chi connectivity index (χ3v) is 2.23. The SMILES string of the molecule is CNCc1nc(-c2ccc(F)cc2C)no1. The number of benzene rings is 1. The molecule has 2 aromatic rings. The summed E-state index contributed by atoms with van der Waals surface area (Å²) in [7, 11) is 1.80. The molecular formula is C11H12FN3O. The molecule has 0 atom stereocenters. The highest BCUT2D eigenvalue weighted by molar-refractivity contribution is 5.59. The van der Waals surface area contributed by atoms with Crippen LogP contribution >= 0.6 is 0 Å². The molecule has 2 rings (SSSR count). The highest BCUT2D eigenvalue weighted by Gasteiger charge is 2.10. The fraction of sp³-hybridized carbons (Fsp3) is 0.273. The average Bonchev–Trinajstić information content (AvgIpc) is 2.67. The quantitative estimate of drug-likeness (QED) is 0.860. The van der Waals surface area contributed by atoms with Gasteiger partial charge in [0.15, 0.2) is 0 Å². The van der Waals surface area contributed by atoms with Crippen LogP contribution in [0.4, 0.5) is 4.39 Å². The van der Waals surface area contributed by atoms with E-state index in [1.165, 1.54) is 12.1 Å². The summed E-state index contributed by atoms with van der Waals surface area (Å²) in [6, 6.07) is 4.48. The minimum Gasteiger partial charge on any atom is -0.338 e. The lowest BCUT2D eigenvalue weighted by Crippen LogP contribution is -2.04. The van der Waals surface area contributed by atoms with Gasteiger partial charge in [-0.25, -0.2) is 4.39 Å². The minimum absolute atomic E-state index is 0.264. The van der Waals surface area contributed by atoms with Crippen molar-refractivity contribution in [3.05, 3.63) is 35.5 Å². The maximum absolute atomic E-state index is 12.9. The number of rotatable bonds is 3. The van der Waals surface area contributed by atoms with E-state index in [9.17, 15) is 4.39 Å². The summed E-state index contributed by atoms with van der Waals surface area (Å²) < 4.78 is 17.9. The van der Waals surface area contributed by atoms with Crippen molar-refractivity contribution in [3.63, 3.8) is 0 Å². The van der Waals surface area contributed by atoms with Gasteiger partial charge in [0.2, 0.25) is 11.7 Å². The molecule has 0 fully saturated rings. The Kier molecular flexibility index (Phi) is 2.96. The molecule has 1 N–H and O–H groups in total. The topological polar surface area (TPSA) is 51.0 Å². The summed E-state index contributed by atoms with van der Waals surface area (Å²) in [6.07, 6.45) is 0. The van der Waals surface area contributed by atoms with Crippen LogP contribution in [0.5, 0.6) is 0 Å². The Morgan fingerprint density at radius 1 is 1.44 bits per heavy atom. The molecule has 16 heavy (non-hydrogen) atoms. The van der Waals surface area contributed by atoms with E-state index < -0.39 is 0 Å². The van der Waals surface area contributed by atoms with E-state index in [4.69, 9.17) is 4.52 Å². The van der Waals surface area contributed by atoms with Gasteiger partial charge in [-0.05, 0) is 37.7 Å². The van der Waals surface area contributed by atoms with Crippen molar-refractivity contribution >= 4 is 0 Å². The normalized spacial score (nSPS) is 10.7. The van der Waals surface area contributed by atoms with Gasteiger partial charge in [0, 0.05) is 5.56 Å². The van der Waals surface area contributed by atoms with E-state index in [0.29, 0.717) is 18.3 Å². The zero-order valence-electron chi connectivity index (χ0n) is 9.12. The Balaban J connectivity index is 2.35. The summed E-state index contributed by atoms with van der Waals surface area (Å²) in [5.74, 6) is 0.740. The molecule has 4 nitrogen and oxygen atoms in total. The first-order valence-electron chi connectivity index (χ1n) is 4.94. The highest BCUT2D eigenvalue weighted by Crippen LogP contribution is 2.20. The molecule has 0 aliphatic heterocycles. The summed E-state index contributed by atoms with van der Waals surface area (Å²) in [5.41, 5.74) is 1.57. The number of halogens is 1. The molecule has 1 aromatic carbocycles. The van der Waals surface area contributed by atoms with Gasteiger partial charge in [-0.15, -0.1) is 0 Å². The van der Waals surface area contributed by atoms with Gasteiger partial charge in [0.05, 0.1) is 6.54 Å². The van der Waals surface area contributed by atoms with Crippen molar-refractivity contribution in [1.82, 2.24) is 15.5 Å². The first-order chi connectivity index (χ1) is 7.70. The first kappa shape index (κ1) is 10.8. The number of nitrogens with zero attached hydrogens (tertiary/aromatic N) is 2. The second-order valence-electron chi connectivity index (χ2n) is 3.50. The van der Waals surface area contributed by atoms with Gasteiger partial charge in [-0.2, -0.15) is 4.98 Å². The van der Waals surface area contributed by atoms with Crippen LogP contribution in [0.1, 0.15) is 11.5 Å². The predicted octanol–water partition coefficient (Wildman–Crippen LogP) is 1.90. The van der Waals surface area contributed by atoms with Crippen molar-refractivity contribution in [1.29, 1.82) is 0 Å². The molecule has 0 bridgehead atoms. The Hall–Kier alpha value is -1.75. The third-order valence-electron chi connectivity index (χ3n) is 2.23. The second-order valence-corrected chi connectivity index (χ2v) is 3.50. The molecule has 0 aliphatic rings. The molecule has 0 saturated carbocycles. The molecular weight excluding hydrogens is 209 g/mol. The lowest BCUT2D eigenvalue weighted by Gasteiger charge is -1.99. The first-order valence-corrected chi connectivity index (χ1v) is 4.94. The van der Waals surface area contributed by atoms with Gasteiger partial charge in [0.1, 0.15) is 5.82 Å². The van der Waals surface area contributed by atoms with Crippen LogP contribution in [0.15, 0.2) is 22.7 Å². The van der Waals surface area contributed by atoms with E-state index in [2.05, 4.69) is 15.5 Å². The molecule has 0 unspecified atom stereocenters. The highest BCUT2D eigenvalue weighted by atomic mass is 19.1. The zero-order chi connectivity index (χ0) is 11.5. The smallest absolute Gasteiger partial charge is 0.240 e. The number of hydrogen-bond donors (Lipinski definition) is 1. The Labute approximate surface area is 92.5 Å². The lowest BCUT2D eigenvalue weighted by atomic mass is 10.1.